The number of carbonyl (C=O) groups is 1. The number of aromatic nitrogens is 1. The van der Waals surface area contributed by atoms with Gasteiger partial charge < -0.3 is 9.73 Å². The third-order valence-corrected chi connectivity index (χ3v) is 4.77. The maximum absolute atomic E-state index is 12.5. The molecule has 0 spiro atoms. The van der Waals surface area contributed by atoms with E-state index in [9.17, 15) is 9.59 Å². The molecule has 5 heteroatoms. The van der Waals surface area contributed by atoms with Gasteiger partial charge >= 0.3 is 0 Å². The van der Waals surface area contributed by atoms with Crippen molar-refractivity contribution in [3.8, 4) is 11.3 Å². The molecular formula is C24H20N2O3. The van der Waals surface area contributed by atoms with Gasteiger partial charge in [0.1, 0.15) is 11.3 Å². The van der Waals surface area contributed by atoms with Crippen LogP contribution in [0.15, 0.2) is 76.2 Å². The van der Waals surface area contributed by atoms with Crippen LogP contribution in [-0.2, 0) is 6.54 Å². The lowest BCUT2D eigenvalue weighted by Crippen LogP contribution is -2.22. The molecule has 1 amide bonds. The molecule has 0 saturated heterocycles. The van der Waals surface area contributed by atoms with E-state index in [1.54, 1.807) is 36.7 Å². The van der Waals surface area contributed by atoms with Crippen molar-refractivity contribution in [1.29, 1.82) is 0 Å². The summed E-state index contributed by atoms with van der Waals surface area (Å²) < 4.78 is 6.01. The van der Waals surface area contributed by atoms with Crippen LogP contribution in [0.2, 0.25) is 0 Å². The summed E-state index contributed by atoms with van der Waals surface area (Å²) >= 11 is 0. The smallest absolute Gasteiger partial charge is 0.251 e. The Balaban J connectivity index is 1.58. The first-order valence-corrected chi connectivity index (χ1v) is 9.34. The molecule has 29 heavy (non-hydrogen) atoms. The summed E-state index contributed by atoms with van der Waals surface area (Å²) in [4.78, 5) is 28.9. The minimum absolute atomic E-state index is 0.0775. The number of rotatable bonds is 4. The highest BCUT2D eigenvalue weighted by atomic mass is 16.3. The van der Waals surface area contributed by atoms with Crippen LogP contribution >= 0.6 is 0 Å². The average Bonchev–Trinajstić information content (AvgIpc) is 2.73. The van der Waals surface area contributed by atoms with Crippen LogP contribution < -0.4 is 10.7 Å². The molecule has 144 valence electrons. The lowest BCUT2D eigenvalue weighted by atomic mass is 10.1. The van der Waals surface area contributed by atoms with Gasteiger partial charge in [-0.15, -0.1) is 0 Å². The molecule has 0 aliphatic heterocycles. The number of hydrogen-bond acceptors (Lipinski definition) is 4. The highest BCUT2D eigenvalue weighted by Gasteiger charge is 2.11. The summed E-state index contributed by atoms with van der Waals surface area (Å²) in [6.07, 6.45) is 3.41. The number of pyridine rings is 1. The Kier molecular flexibility index (Phi) is 4.96. The van der Waals surface area contributed by atoms with Crippen LogP contribution in [0.5, 0.6) is 0 Å². The summed E-state index contributed by atoms with van der Waals surface area (Å²) in [7, 11) is 0. The van der Waals surface area contributed by atoms with E-state index in [1.807, 2.05) is 38.1 Å². The quantitative estimate of drug-likeness (QED) is 0.566. The summed E-state index contributed by atoms with van der Waals surface area (Å²) in [5.74, 6) is 0.309. The van der Waals surface area contributed by atoms with Gasteiger partial charge in [0.15, 0.2) is 5.43 Å². The van der Waals surface area contributed by atoms with E-state index in [2.05, 4.69) is 10.3 Å². The maximum Gasteiger partial charge on any atom is 0.251 e. The number of nitrogens with one attached hydrogen (secondary N) is 1. The van der Waals surface area contributed by atoms with Crippen molar-refractivity contribution < 1.29 is 9.21 Å². The Morgan fingerprint density at radius 2 is 1.86 bits per heavy atom. The molecule has 0 bridgehead atoms. The highest BCUT2D eigenvalue weighted by Crippen LogP contribution is 2.25. The van der Waals surface area contributed by atoms with Gasteiger partial charge in [0.05, 0.1) is 5.39 Å². The summed E-state index contributed by atoms with van der Waals surface area (Å²) in [5, 5.41) is 3.45. The molecular weight excluding hydrogens is 364 g/mol. The molecule has 0 unspecified atom stereocenters. The fourth-order valence-electron chi connectivity index (χ4n) is 3.32. The predicted molar refractivity (Wildman–Crippen MR) is 113 cm³/mol. The van der Waals surface area contributed by atoms with Crippen LogP contribution in [0.1, 0.15) is 27.0 Å². The molecule has 2 heterocycles. The molecule has 2 aromatic heterocycles. The van der Waals surface area contributed by atoms with Crippen molar-refractivity contribution in [2.45, 2.75) is 20.4 Å². The van der Waals surface area contributed by atoms with Crippen LogP contribution in [0.4, 0.5) is 0 Å². The molecule has 0 aliphatic rings. The predicted octanol–water partition coefficient (Wildman–Crippen LogP) is 4.40. The fraction of sp³-hybridized carbons (Fsp3) is 0.125. The molecule has 0 aliphatic carbocycles. The van der Waals surface area contributed by atoms with E-state index < -0.39 is 0 Å². The Bertz CT molecular complexity index is 1240. The molecule has 0 saturated carbocycles. The van der Waals surface area contributed by atoms with Gasteiger partial charge in [-0.3, -0.25) is 14.6 Å². The first kappa shape index (κ1) is 18.6. The van der Waals surface area contributed by atoms with E-state index in [-0.39, 0.29) is 11.3 Å². The molecule has 5 nitrogen and oxygen atoms in total. The van der Waals surface area contributed by atoms with Crippen molar-refractivity contribution in [2.75, 3.05) is 0 Å². The average molecular weight is 384 g/mol. The summed E-state index contributed by atoms with van der Waals surface area (Å²) in [6, 6.07) is 16.1. The number of amides is 1. The van der Waals surface area contributed by atoms with E-state index in [4.69, 9.17) is 4.42 Å². The van der Waals surface area contributed by atoms with Gasteiger partial charge in [0.2, 0.25) is 0 Å². The third-order valence-electron chi connectivity index (χ3n) is 4.77. The van der Waals surface area contributed by atoms with Crippen molar-refractivity contribution in [1.82, 2.24) is 10.3 Å². The van der Waals surface area contributed by atoms with Gasteiger partial charge in [-0.2, -0.15) is 0 Å². The lowest BCUT2D eigenvalue weighted by Gasteiger charge is -2.08. The van der Waals surface area contributed by atoms with Gasteiger partial charge in [0, 0.05) is 36.1 Å². The standard InChI is InChI=1S/C24H20N2O3/c1-15-10-16(2)23-20(11-15)21(27)12-22(29-23)18-5-7-19(8-6-18)24(28)26-14-17-4-3-9-25-13-17/h3-13H,14H2,1-2H3,(H,26,28). The van der Waals surface area contributed by atoms with Gasteiger partial charge in [0.25, 0.3) is 5.91 Å². The number of hydrogen-bond donors (Lipinski definition) is 1. The Morgan fingerprint density at radius 3 is 2.59 bits per heavy atom. The minimum atomic E-state index is -0.174. The third kappa shape index (κ3) is 3.94. The molecule has 0 radical (unpaired) electrons. The zero-order chi connectivity index (χ0) is 20.4. The Labute approximate surface area is 168 Å². The maximum atomic E-state index is 12.5. The molecule has 1 N–H and O–H groups in total. The van der Waals surface area contributed by atoms with E-state index in [0.29, 0.717) is 28.8 Å². The number of aryl methyl sites for hydroxylation is 2. The Hall–Kier alpha value is -3.73. The Morgan fingerprint density at radius 1 is 1.07 bits per heavy atom. The number of nitrogens with zero attached hydrogens (tertiary/aromatic N) is 1. The number of benzene rings is 2. The van der Waals surface area contributed by atoms with Gasteiger partial charge in [-0.1, -0.05) is 24.3 Å². The van der Waals surface area contributed by atoms with Crippen molar-refractivity contribution in [3.05, 3.63) is 99.5 Å². The zero-order valence-corrected chi connectivity index (χ0v) is 16.2. The van der Waals surface area contributed by atoms with Crippen LogP contribution in [0.25, 0.3) is 22.3 Å². The molecule has 4 rings (SSSR count). The van der Waals surface area contributed by atoms with Crippen molar-refractivity contribution >= 4 is 16.9 Å². The molecule has 2 aromatic carbocycles. The van der Waals surface area contributed by atoms with Crippen molar-refractivity contribution in [3.63, 3.8) is 0 Å². The van der Waals surface area contributed by atoms with Crippen LogP contribution in [0, 0.1) is 13.8 Å². The van der Waals surface area contributed by atoms with Crippen molar-refractivity contribution in [2.24, 2.45) is 0 Å². The molecule has 4 aromatic rings. The first-order chi connectivity index (χ1) is 14.0. The monoisotopic (exact) mass is 384 g/mol. The van der Waals surface area contributed by atoms with E-state index >= 15 is 0 Å². The SMILES string of the molecule is Cc1cc(C)c2oc(-c3ccc(C(=O)NCc4cccnc4)cc3)cc(=O)c2c1. The minimum Gasteiger partial charge on any atom is -0.456 e. The van der Waals surface area contributed by atoms with Gasteiger partial charge in [-0.25, -0.2) is 0 Å². The number of carbonyl (C=O) groups excluding carboxylic acids is 1. The normalized spacial score (nSPS) is 10.8. The van der Waals surface area contributed by atoms with Gasteiger partial charge in [-0.05, 0) is 54.8 Å². The van der Waals surface area contributed by atoms with E-state index in [0.717, 1.165) is 22.3 Å². The number of fused-ring (bicyclic) bond motifs is 1. The zero-order valence-electron chi connectivity index (χ0n) is 16.2. The second-order valence-corrected chi connectivity index (χ2v) is 7.05. The second-order valence-electron chi connectivity index (χ2n) is 7.05. The summed E-state index contributed by atoms with van der Waals surface area (Å²) in [5.41, 5.74) is 4.67. The molecule has 0 atom stereocenters. The highest BCUT2D eigenvalue weighted by molar-refractivity contribution is 5.94. The van der Waals surface area contributed by atoms with Crippen LogP contribution in [0.3, 0.4) is 0 Å². The van der Waals surface area contributed by atoms with Crippen LogP contribution in [-0.4, -0.2) is 10.9 Å². The molecule has 0 fully saturated rings. The largest absolute Gasteiger partial charge is 0.456 e. The summed E-state index contributed by atoms with van der Waals surface area (Å²) in [6.45, 7) is 4.29. The first-order valence-electron chi connectivity index (χ1n) is 9.34. The second kappa shape index (κ2) is 7.72. The lowest BCUT2D eigenvalue weighted by molar-refractivity contribution is 0.0951. The fourth-order valence-corrected chi connectivity index (χ4v) is 3.32. The topological polar surface area (TPSA) is 72.2 Å². The van der Waals surface area contributed by atoms with E-state index in [1.165, 1.54) is 6.07 Å².